The third-order valence-corrected chi connectivity index (χ3v) is 4.90. The summed E-state index contributed by atoms with van der Waals surface area (Å²) in [5.41, 5.74) is 1.57. The highest BCUT2D eigenvalue weighted by Crippen LogP contribution is 2.37. The summed E-state index contributed by atoms with van der Waals surface area (Å²) >= 11 is 3.46. The van der Waals surface area contributed by atoms with E-state index in [2.05, 4.69) is 31.1 Å². The van der Waals surface area contributed by atoms with Gasteiger partial charge in [-0.25, -0.2) is 4.98 Å². The van der Waals surface area contributed by atoms with Crippen LogP contribution in [0.2, 0.25) is 0 Å². The predicted molar refractivity (Wildman–Crippen MR) is 95.0 cm³/mol. The van der Waals surface area contributed by atoms with Crippen molar-refractivity contribution in [3.8, 4) is 0 Å². The fraction of sp³-hybridized carbons (Fsp3) is 0.438. The topological polar surface area (TPSA) is 71.3 Å². The van der Waals surface area contributed by atoms with Crippen LogP contribution in [0.4, 0.5) is 11.4 Å². The summed E-state index contributed by atoms with van der Waals surface area (Å²) in [5.74, 6) is 0.634. The van der Waals surface area contributed by atoms with Crippen molar-refractivity contribution in [2.45, 2.75) is 12.8 Å². The number of benzene rings is 1. The molecule has 7 heteroatoms. The smallest absolute Gasteiger partial charge is 0.311 e. The van der Waals surface area contributed by atoms with E-state index < -0.39 is 0 Å². The first-order valence-electron chi connectivity index (χ1n) is 7.72. The third-order valence-electron chi connectivity index (χ3n) is 4.40. The number of piperidine rings is 1. The molecule has 6 nitrogen and oxygen atoms in total. The number of rotatable bonds is 4. The number of nitrogens with one attached hydrogen (secondary N) is 1. The first-order chi connectivity index (χ1) is 11.1. The van der Waals surface area contributed by atoms with Crippen molar-refractivity contribution in [1.29, 1.82) is 0 Å². The maximum Gasteiger partial charge on any atom is 0.311 e. The van der Waals surface area contributed by atoms with Crippen molar-refractivity contribution < 1.29 is 4.92 Å². The lowest BCUT2D eigenvalue weighted by Crippen LogP contribution is -2.37. The highest BCUT2D eigenvalue weighted by Gasteiger charge is 2.27. The monoisotopic (exact) mass is 378 g/mol. The molecule has 1 fully saturated rings. The summed E-state index contributed by atoms with van der Waals surface area (Å²) in [6.07, 6.45) is 3.46. The largest absolute Gasteiger partial charge is 0.365 e. The molecule has 2 heterocycles. The van der Waals surface area contributed by atoms with E-state index in [1.54, 1.807) is 0 Å². The van der Waals surface area contributed by atoms with Gasteiger partial charge in [0, 0.05) is 22.9 Å². The van der Waals surface area contributed by atoms with Gasteiger partial charge in [-0.2, -0.15) is 0 Å². The van der Waals surface area contributed by atoms with Crippen molar-refractivity contribution in [3.05, 3.63) is 39.0 Å². The highest BCUT2D eigenvalue weighted by molar-refractivity contribution is 9.10. The lowest BCUT2D eigenvalue weighted by molar-refractivity contribution is -0.384. The van der Waals surface area contributed by atoms with Crippen LogP contribution >= 0.6 is 15.9 Å². The molecule has 1 aromatic carbocycles. The number of nitrogens with zero attached hydrogens (tertiary/aromatic N) is 3. The summed E-state index contributed by atoms with van der Waals surface area (Å²) in [5, 5.41) is 15.5. The van der Waals surface area contributed by atoms with Gasteiger partial charge < -0.3 is 10.2 Å². The van der Waals surface area contributed by atoms with E-state index in [1.807, 2.05) is 25.2 Å². The van der Waals surface area contributed by atoms with Gasteiger partial charge in [0.15, 0.2) is 0 Å². The van der Waals surface area contributed by atoms with Crippen LogP contribution in [-0.4, -0.2) is 36.6 Å². The van der Waals surface area contributed by atoms with E-state index in [0.29, 0.717) is 11.6 Å². The fourth-order valence-electron chi connectivity index (χ4n) is 3.26. The van der Waals surface area contributed by atoms with Crippen molar-refractivity contribution >= 4 is 38.2 Å². The van der Waals surface area contributed by atoms with Crippen molar-refractivity contribution in [2.75, 3.05) is 31.6 Å². The second-order valence-corrected chi connectivity index (χ2v) is 6.81. The van der Waals surface area contributed by atoms with Crippen LogP contribution in [0.15, 0.2) is 28.9 Å². The molecule has 122 valence electrons. The molecule has 1 N–H and O–H groups in total. The number of fused-ring (bicyclic) bond motifs is 1. The standard InChI is InChI=1S/C16H19BrN4O2/c1-18-9-11-4-6-20(7-5-11)16-13-8-12(17)2-3-14(13)19-10-15(16)21(22)23/h2-3,8,10-11,18H,4-7,9H2,1H3. The number of anilines is 1. The first-order valence-corrected chi connectivity index (χ1v) is 8.51. The average Bonchev–Trinajstić information content (AvgIpc) is 2.54. The summed E-state index contributed by atoms with van der Waals surface area (Å²) in [6, 6.07) is 5.72. The van der Waals surface area contributed by atoms with Gasteiger partial charge in [0.25, 0.3) is 0 Å². The van der Waals surface area contributed by atoms with E-state index in [1.165, 1.54) is 6.20 Å². The van der Waals surface area contributed by atoms with Gasteiger partial charge in [-0.05, 0) is 50.6 Å². The quantitative estimate of drug-likeness (QED) is 0.652. The Bertz CT molecular complexity index is 729. The first kappa shape index (κ1) is 16.1. The molecule has 1 saturated heterocycles. The molecule has 3 rings (SSSR count). The Balaban J connectivity index is 2.02. The van der Waals surface area contributed by atoms with Gasteiger partial charge in [0.2, 0.25) is 0 Å². The van der Waals surface area contributed by atoms with Gasteiger partial charge in [0.05, 0.1) is 10.4 Å². The molecule has 0 amide bonds. The SMILES string of the molecule is CNCC1CCN(c2c([N+](=O)[O-])cnc3ccc(Br)cc23)CC1. The van der Waals surface area contributed by atoms with Crippen LogP contribution < -0.4 is 10.2 Å². The van der Waals surface area contributed by atoms with E-state index in [0.717, 1.165) is 47.9 Å². The molecule has 0 bridgehead atoms. The predicted octanol–water partition coefficient (Wildman–Crippen LogP) is 3.34. The molecule has 0 radical (unpaired) electrons. The zero-order chi connectivity index (χ0) is 16.4. The fourth-order valence-corrected chi connectivity index (χ4v) is 3.62. The summed E-state index contributed by atoms with van der Waals surface area (Å²) < 4.78 is 0.901. The minimum atomic E-state index is -0.331. The Kier molecular flexibility index (Phi) is 4.77. The minimum absolute atomic E-state index is 0.0858. The number of nitro groups is 1. The van der Waals surface area contributed by atoms with E-state index in [4.69, 9.17) is 0 Å². The molecule has 0 saturated carbocycles. The summed E-state index contributed by atoms with van der Waals surface area (Å²) in [7, 11) is 1.96. The number of hydrogen-bond acceptors (Lipinski definition) is 5. The maximum atomic E-state index is 11.5. The van der Waals surface area contributed by atoms with Crippen LogP contribution in [-0.2, 0) is 0 Å². The van der Waals surface area contributed by atoms with Gasteiger partial charge >= 0.3 is 5.69 Å². The molecule has 1 aliphatic heterocycles. The summed E-state index contributed by atoms with van der Waals surface area (Å²) in [6.45, 7) is 2.66. The Morgan fingerprint density at radius 2 is 2.17 bits per heavy atom. The number of aromatic nitrogens is 1. The third kappa shape index (κ3) is 3.30. The maximum absolute atomic E-state index is 11.5. The van der Waals surface area contributed by atoms with Crippen molar-refractivity contribution in [1.82, 2.24) is 10.3 Å². The summed E-state index contributed by atoms with van der Waals surface area (Å²) in [4.78, 5) is 17.5. The Morgan fingerprint density at radius 3 is 2.83 bits per heavy atom. The lowest BCUT2D eigenvalue weighted by atomic mass is 9.96. The Labute approximate surface area is 143 Å². The average molecular weight is 379 g/mol. The van der Waals surface area contributed by atoms with Crippen LogP contribution in [0.25, 0.3) is 10.9 Å². The normalized spacial score (nSPS) is 16.0. The van der Waals surface area contributed by atoms with Crippen molar-refractivity contribution in [3.63, 3.8) is 0 Å². The molecule has 23 heavy (non-hydrogen) atoms. The molecule has 2 aromatic rings. The van der Waals surface area contributed by atoms with Crippen LogP contribution in [0, 0.1) is 16.0 Å². The Morgan fingerprint density at radius 1 is 1.43 bits per heavy atom. The lowest BCUT2D eigenvalue weighted by Gasteiger charge is -2.33. The molecule has 0 aliphatic carbocycles. The number of halogens is 1. The van der Waals surface area contributed by atoms with Crippen LogP contribution in [0.1, 0.15) is 12.8 Å². The second-order valence-electron chi connectivity index (χ2n) is 5.90. The number of hydrogen-bond donors (Lipinski definition) is 1. The van der Waals surface area contributed by atoms with Gasteiger partial charge in [-0.15, -0.1) is 0 Å². The Hall–Kier alpha value is -1.73. The molecule has 0 spiro atoms. The van der Waals surface area contributed by atoms with E-state index in [-0.39, 0.29) is 10.6 Å². The molecular formula is C16H19BrN4O2. The minimum Gasteiger partial charge on any atom is -0.365 e. The molecule has 0 atom stereocenters. The van der Waals surface area contributed by atoms with Crippen LogP contribution in [0.5, 0.6) is 0 Å². The van der Waals surface area contributed by atoms with E-state index in [9.17, 15) is 10.1 Å². The highest BCUT2D eigenvalue weighted by atomic mass is 79.9. The van der Waals surface area contributed by atoms with Crippen LogP contribution in [0.3, 0.4) is 0 Å². The van der Waals surface area contributed by atoms with Crippen molar-refractivity contribution in [2.24, 2.45) is 5.92 Å². The molecule has 1 aromatic heterocycles. The molecular weight excluding hydrogens is 360 g/mol. The van der Waals surface area contributed by atoms with Gasteiger partial charge in [0.1, 0.15) is 11.9 Å². The molecule has 0 unspecified atom stereocenters. The van der Waals surface area contributed by atoms with E-state index >= 15 is 0 Å². The zero-order valence-corrected chi connectivity index (χ0v) is 14.5. The van der Waals surface area contributed by atoms with Gasteiger partial charge in [-0.3, -0.25) is 10.1 Å². The zero-order valence-electron chi connectivity index (χ0n) is 13.0. The van der Waals surface area contributed by atoms with Gasteiger partial charge in [-0.1, -0.05) is 15.9 Å². The second kappa shape index (κ2) is 6.80. The molecule has 1 aliphatic rings. The number of pyridine rings is 1.